The summed E-state index contributed by atoms with van der Waals surface area (Å²) in [7, 11) is 4.46. The number of aliphatic hydroxyl groups is 1. The molecule has 1 rings (SSSR count). The number of amides is 1. The fourth-order valence-corrected chi connectivity index (χ4v) is 2.40. The highest BCUT2D eigenvalue weighted by atomic mass is 16.5. The first-order valence-electron chi connectivity index (χ1n) is 8.22. The predicted octanol–water partition coefficient (Wildman–Crippen LogP) is 1.41. The van der Waals surface area contributed by atoms with Crippen LogP contribution in [-0.2, 0) is 20.7 Å². The first-order chi connectivity index (χ1) is 12.0. The molecule has 1 amide bonds. The van der Waals surface area contributed by atoms with Gasteiger partial charge in [0.1, 0.15) is 0 Å². The number of esters is 1. The van der Waals surface area contributed by atoms with E-state index in [4.69, 9.17) is 14.6 Å². The van der Waals surface area contributed by atoms with Gasteiger partial charge in [-0.1, -0.05) is 6.07 Å². The molecule has 0 unspecified atom stereocenters. The highest BCUT2D eigenvalue weighted by molar-refractivity contribution is 5.77. The molecule has 7 nitrogen and oxygen atoms in total. The molecule has 0 bridgehead atoms. The number of methoxy groups -OCH3 is 3. The molecule has 7 heteroatoms. The van der Waals surface area contributed by atoms with Gasteiger partial charge >= 0.3 is 5.97 Å². The average molecular weight is 353 g/mol. The van der Waals surface area contributed by atoms with Crippen molar-refractivity contribution in [3.8, 4) is 11.5 Å². The van der Waals surface area contributed by atoms with Gasteiger partial charge in [0, 0.05) is 26.1 Å². The summed E-state index contributed by atoms with van der Waals surface area (Å²) < 4.78 is 15.1. The number of aliphatic hydroxyl groups excluding tert-OH is 1. The van der Waals surface area contributed by atoms with Crippen LogP contribution in [0.2, 0.25) is 0 Å². The minimum Gasteiger partial charge on any atom is -0.493 e. The zero-order valence-electron chi connectivity index (χ0n) is 15.1. The molecule has 0 fully saturated rings. The second kappa shape index (κ2) is 11.3. The highest BCUT2D eigenvalue weighted by Gasteiger charge is 2.15. The average Bonchev–Trinajstić information content (AvgIpc) is 2.65. The summed E-state index contributed by atoms with van der Waals surface area (Å²) in [5.41, 5.74) is 0.959. The molecule has 0 aliphatic carbocycles. The predicted molar refractivity (Wildman–Crippen MR) is 92.8 cm³/mol. The molecular weight excluding hydrogens is 326 g/mol. The number of nitrogens with zero attached hydrogens (tertiary/aromatic N) is 1. The molecule has 1 aromatic carbocycles. The van der Waals surface area contributed by atoms with Crippen molar-refractivity contribution in [1.29, 1.82) is 0 Å². The van der Waals surface area contributed by atoms with Crippen molar-refractivity contribution in [3.05, 3.63) is 23.8 Å². The maximum absolute atomic E-state index is 12.4. The Balaban J connectivity index is 2.64. The molecule has 0 atom stereocenters. The van der Waals surface area contributed by atoms with Crippen LogP contribution in [0.25, 0.3) is 0 Å². The third-order valence-corrected chi connectivity index (χ3v) is 3.83. The van der Waals surface area contributed by atoms with Gasteiger partial charge in [-0.3, -0.25) is 9.59 Å². The van der Waals surface area contributed by atoms with E-state index < -0.39 is 0 Å². The van der Waals surface area contributed by atoms with E-state index in [9.17, 15) is 9.59 Å². The molecule has 140 valence electrons. The summed E-state index contributed by atoms with van der Waals surface area (Å²) >= 11 is 0. The van der Waals surface area contributed by atoms with Crippen molar-refractivity contribution < 1.29 is 28.9 Å². The van der Waals surface area contributed by atoms with Crippen LogP contribution in [0.4, 0.5) is 0 Å². The third-order valence-electron chi connectivity index (χ3n) is 3.83. The molecule has 0 heterocycles. The summed E-state index contributed by atoms with van der Waals surface area (Å²) in [5.74, 6) is 0.837. The Kier molecular flexibility index (Phi) is 9.39. The number of rotatable bonds is 11. The van der Waals surface area contributed by atoms with Crippen LogP contribution in [0, 0.1) is 0 Å². The van der Waals surface area contributed by atoms with E-state index in [1.165, 1.54) is 7.11 Å². The first-order valence-corrected chi connectivity index (χ1v) is 8.22. The minimum atomic E-state index is -0.360. The normalized spacial score (nSPS) is 10.2. The number of benzene rings is 1. The minimum absolute atomic E-state index is 0.00230. The van der Waals surface area contributed by atoms with E-state index in [0.717, 1.165) is 5.56 Å². The maximum atomic E-state index is 12.4. The lowest BCUT2D eigenvalue weighted by molar-refractivity contribution is -0.141. The first kappa shape index (κ1) is 20.8. The molecule has 0 saturated carbocycles. The third kappa shape index (κ3) is 7.01. The van der Waals surface area contributed by atoms with Gasteiger partial charge in [-0.15, -0.1) is 0 Å². The Morgan fingerprint density at radius 3 is 2.36 bits per heavy atom. The molecule has 0 aromatic heterocycles. The summed E-state index contributed by atoms with van der Waals surface area (Å²) in [4.78, 5) is 25.3. The summed E-state index contributed by atoms with van der Waals surface area (Å²) in [6, 6.07) is 5.54. The van der Waals surface area contributed by atoms with Crippen LogP contribution in [0.15, 0.2) is 18.2 Å². The Bertz CT molecular complexity index is 560. The topological polar surface area (TPSA) is 85.3 Å². The molecular formula is C18H27NO6. The number of carbonyl (C=O) groups is 2. The van der Waals surface area contributed by atoms with Crippen molar-refractivity contribution in [2.45, 2.75) is 25.7 Å². The van der Waals surface area contributed by atoms with Gasteiger partial charge in [0.25, 0.3) is 0 Å². The molecule has 0 radical (unpaired) electrons. The Hall–Kier alpha value is -2.28. The van der Waals surface area contributed by atoms with E-state index in [0.29, 0.717) is 37.3 Å². The van der Waals surface area contributed by atoms with Gasteiger partial charge in [-0.25, -0.2) is 0 Å². The molecule has 0 saturated heterocycles. The second-order valence-electron chi connectivity index (χ2n) is 5.47. The Morgan fingerprint density at radius 1 is 1.04 bits per heavy atom. The zero-order chi connectivity index (χ0) is 18.7. The lowest BCUT2D eigenvalue weighted by Gasteiger charge is -2.22. The second-order valence-corrected chi connectivity index (χ2v) is 5.47. The molecule has 1 aromatic rings. The van der Waals surface area contributed by atoms with Gasteiger partial charge in [-0.05, 0) is 30.5 Å². The van der Waals surface area contributed by atoms with E-state index in [1.54, 1.807) is 25.2 Å². The van der Waals surface area contributed by atoms with Gasteiger partial charge in [-0.2, -0.15) is 0 Å². The Labute approximate surface area is 148 Å². The monoisotopic (exact) mass is 353 g/mol. The molecule has 0 spiro atoms. The van der Waals surface area contributed by atoms with Crippen molar-refractivity contribution in [2.24, 2.45) is 0 Å². The van der Waals surface area contributed by atoms with Gasteiger partial charge in [0.15, 0.2) is 11.5 Å². The lowest BCUT2D eigenvalue weighted by Crippen LogP contribution is -2.34. The number of hydrogen-bond acceptors (Lipinski definition) is 6. The fraction of sp³-hybridized carbons (Fsp3) is 0.556. The quantitative estimate of drug-likeness (QED) is 0.606. The molecule has 0 aliphatic heterocycles. The number of ether oxygens (including phenoxy) is 3. The molecule has 0 aliphatic rings. The van der Waals surface area contributed by atoms with Crippen LogP contribution in [0.5, 0.6) is 11.5 Å². The smallest absolute Gasteiger partial charge is 0.307 e. The van der Waals surface area contributed by atoms with Gasteiger partial charge in [0.2, 0.25) is 5.91 Å². The largest absolute Gasteiger partial charge is 0.493 e. The summed E-state index contributed by atoms with van der Waals surface area (Å²) in [5, 5.41) is 8.98. The number of hydrogen-bond donors (Lipinski definition) is 1. The maximum Gasteiger partial charge on any atom is 0.307 e. The Morgan fingerprint density at radius 2 is 1.76 bits per heavy atom. The summed E-state index contributed by atoms with van der Waals surface area (Å²) in [6.07, 6.45) is 1.47. The van der Waals surface area contributed by atoms with E-state index in [2.05, 4.69) is 4.74 Å². The van der Waals surface area contributed by atoms with E-state index in [1.807, 2.05) is 12.1 Å². The van der Waals surface area contributed by atoms with Crippen molar-refractivity contribution >= 4 is 11.9 Å². The van der Waals surface area contributed by atoms with Crippen LogP contribution in [0.3, 0.4) is 0 Å². The molecule has 1 N–H and O–H groups in total. The number of carbonyl (C=O) groups excluding carboxylic acids is 2. The van der Waals surface area contributed by atoms with Crippen LogP contribution >= 0.6 is 0 Å². The van der Waals surface area contributed by atoms with Gasteiger partial charge in [0.05, 0.1) is 27.8 Å². The standard InChI is InChI=1S/C18H27NO6/c1-23-15-7-5-14(13-16(15)24-2)6-8-17(21)19(10-4-12-20)11-9-18(22)25-3/h5,7,13,20H,4,6,8-12H2,1-3H3. The highest BCUT2D eigenvalue weighted by Crippen LogP contribution is 2.28. The van der Waals surface area contributed by atoms with E-state index in [-0.39, 0.29) is 31.4 Å². The van der Waals surface area contributed by atoms with Crippen molar-refractivity contribution in [2.75, 3.05) is 41.0 Å². The van der Waals surface area contributed by atoms with Gasteiger partial charge < -0.3 is 24.2 Å². The zero-order valence-corrected chi connectivity index (χ0v) is 15.1. The SMILES string of the molecule is COC(=O)CCN(CCCO)C(=O)CCc1ccc(OC)c(OC)c1. The lowest BCUT2D eigenvalue weighted by atomic mass is 10.1. The summed E-state index contributed by atoms with van der Waals surface area (Å²) in [6.45, 7) is 0.702. The van der Waals surface area contributed by atoms with Crippen LogP contribution < -0.4 is 9.47 Å². The van der Waals surface area contributed by atoms with E-state index >= 15 is 0 Å². The van der Waals surface area contributed by atoms with Crippen molar-refractivity contribution in [1.82, 2.24) is 4.90 Å². The molecule has 25 heavy (non-hydrogen) atoms. The fourth-order valence-electron chi connectivity index (χ4n) is 2.40. The number of aryl methyl sites for hydroxylation is 1. The van der Waals surface area contributed by atoms with Crippen molar-refractivity contribution in [3.63, 3.8) is 0 Å². The van der Waals surface area contributed by atoms with Crippen LogP contribution in [0.1, 0.15) is 24.8 Å². The van der Waals surface area contributed by atoms with Crippen LogP contribution in [-0.4, -0.2) is 62.9 Å².